The van der Waals surface area contributed by atoms with Gasteiger partial charge in [0, 0.05) is 5.02 Å². The quantitative estimate of drug-likeness (QED) is 0.751. The van der Waals surface area contributed by atoms with Gasteiger partial charge in [0.25, 0.3) is 0 Å². The maximum absolute atomic E-state index is 11.8. The molecule has 0 unspecified atom stereocenters. The number of rotatable bonds is 5. The number of allylic oxidation sites excluding steroid dienone is 2. The van der Waals surface area contributed by atoms with Gasteiger partial charge in [0.1, 0.15) is 5.75 Å². The molecule has 0 amide bonds. The fraction of sp³-hybridized carbons (Fsp3) is 0.0556. The third-order valence-corrected chi connectivity index (χ3v) is 3.10. The zero-order chi connectivity index (χ0) is 15.1. The summed E-state index contributed by atoms with van der Waals surface area (Å²) in [5.41, 5.74) is 1.85. The van der Waals surface area contributed by atoms with Crippen LogP contribution in [0.1, 0.15) is 11.1 Å². The minimum absolute atomic E-state index is 0.0761. The van der Waals surface area contributed by atoms with Gasteiger partial charge in [-0.05, 0) is 47.5 Å². The summed E-state index contributed by atoms with van der Waals surface area (Å²) in [4.78, 5) is 11.8. The van der Waals surface area contributed by atoms with Crippen LogP contribution in [0.25, 0.3) is 12.2 Å². The van der Waals surface area contributed by atoms with Crippen molar-refractivity contribution in [2.24, 2.45) is 0 Å². The van der Waals surface area contributed by atoms with Gasteiger partial charge in [-0.3, -0.25) is 4.79 Å². The first kappa shape index (κ1) is 15.1. The molecule has 0 bridgehead atoms. The molecule has 2 nitrogen and oxygen atoms in total. The highest BCUT2D eigenvalue weighted by Crippen LogP contribution is 2.14. The molecule has 0 fully saturated rings. The van der Waals surface area contributed by atoms with Crippen LogP contribution in [0.3, 0.4) is 0 Å². The predicted molar refractivity (Wildman–Crippen MR) is 87.5 cm³/mol. The average molecular weight is 299 g/mol. The van der Waals surface area contributed by atoms with Gasteiger partial charge in [0.05, 0.1) is 7.11 Å². The smallest absolute Gasteiger partial charge is 0.178 e. The Balaban J connectivity index is 2.00. The van der Waals surface area contributed by atoms with Gasteiger partial charge in [-0.25, -0.2) is 0 Å². The molecule has 2 aromatic carbocycles. The van der Waals surface area contributed by atoms with E-state index in [1.807, 2.05) is 36.4 Å². The molecule has 0 saturated heterocycles. The Labute approximate surface area is 129 Å². The van der Waals surface area contributed by atoms with Crippen LogP contribution >= 0.6 is 11.6 Å². The second-order valence-electron chi connectivity index (χ2n) is 4.40. The van der Waals surface area contributed by atoms with Crippen LogP contribution in [0.4, 0.5) is 0 Å². The lowest BCUT2D eigenvalue weighted by Crippen LogP contribution is -1.86. The van der Waals surface area contributed by atoms with Gasteiger partial charge in [-0.2, -0.15) is 0 Å². The Morgan fingerprint density at radius 1 is 1.00 bits per heavy atom. The van der Waals surface area contributed by atoms with Crippen LogP contribution in [-0.4, -0.2) is 12.9 Å². The first-order valence-electron chi connectivity index (χ1n) is 6.47. The lowest BCUT2D eigenvalue weighted by Gasteiger charge is -1.99. The van der Waals surface area contributed by atoms with Crippen molar-refractivity contribution in [3.8, 4) is 5.75 Å². The molecule has 0 aromatic heterocycles. The molecular formula is C18H15ClO2. The van der Waals surface area contributed by atoms with E-state index in [0.717, 1.165) is 16.9 Å². The van der Waals surface area contributed by atoms with Gasteiger partial charge in [-0.15, -0.1) is 0 Å². The van der Waals surface area contributed by atoms with Crippen LogP contribution in [0.15, 0.2) is 60.7 Å². The number of methoxy groups -OCH3 is 1. The average Bonchev–Trinajstić information content (AvgIpc) is 2.52. The molecule has 0 radical (unpaired) electrons. The number of hydrogen-bond donors (Lipinski definition) is 0. The molecule has 0 aliphatic heterocycles. The Morgan fingerprint density at radius 2 is 1.67 bits per heavy atom. The van der Waals surface area contributed by atoms with Crippen molar-refractivity contribution in [3.63, 3.8) is 0 Å². The Hall–Kier alpha value is -2.32. The van der Waals surface area contributed by atoms with E-state index in [2.05, 4.69) is 0 Å². The van der Waals surface area contributed by atoms with Crippen LogP contribution in [0, 0.1) is 0 Å². The lowest BCUT2D eigenvalue weighted by atomic mass is 10.1. The molecule has 0 atom stereocenters. The van der Waals surface area contributed by atoms with E-state index in [-0.39, 0.29) is 5.78 Å². The van der Waals surface area contributed by atoms with Crippen molar-refractivity contribution < 1.29 is 9.53 Å². The van der Waals surface area contributed by atoms with Gasteiger partial charge in [-0.1, -0.05) is 48.0 Å². The van der Waals surface area contributed by atoms with E-state index >= 15 is 0 Å². The van der Waals surface area contributed by atoms with E-state index in [9.17, 15) is 4.79 Å². The van der Waals surface area contributed by atoms with Crippen LogP contribution in [0.5, 0.6) is 5.75 Å². The zero-order valence-electron chi connectivity index (χ0n) is 11.6. The molecule has 21 heavy (non-hydrogen) atoms. The number of hydrogen-bond acceptors (Lipinski definition) is 2. The topological polar surface area (TPSA) is 26.3 Å². The van der Waals surface area contributed by atoms with Gasteiger partial charge < -0.3 is 4.74 Å². The molecule has 0 aliphatic rings. The number of carbonyl (C=O) groups is 1. The Bertz CT molecular complexity index is 670. The molecule has 2 rings (SSSR count). The van der Waals surface area contributed by atoms with E-state index in [1.54, 1.807) is 31.4 Å². The summed E-state index contributed by atoms with van der Waals surface area (Å²) >= 11 is 5.80. The summed E-state index contributed by atoms with van der Waals surface area (Å²) in [6, 6.07) is 14.8. The van der Waals surface area contributed by atoms with E-state index in [1.165, 1.54) is 12.2 Å². The minimum atomic E-state index is -0.0761. The molecule has 0 heterocycles. The highest BCUT2D eigenvalue weighted by atomic mass is 35.5. The third kappa shape index (κ3) is 4.93. The lowest BCUT2D eigenvalue weighted by molar-refractivity contribution is -0.110. The van der Waals surface area contributed by atoms with Crippen LogP contribution in [-0.2, 0) is 4.79 Å². The fourth-order valence-corrected chi connectivity index (χ4v) is 1.86. The first-order chi connectivity index (χ1) is 10.2. The highest BCUT2D eigenvalue weighted by molar-refractivity contribution is 6.30. The van der Waals surface area contributed by atoms with Crippen molar-refractivity contribution in [1.82, 2.24) is 0 Å². The zero-order valence-corrected chi connectivity index (χ0v) is 12.4. The summed E-state index contributed by atoms with van der Waals surface area (Å²) in [6.07, 6.45) is 6.58. The molecule has 0 saturated carbocycles. The Kier molecular flexibility index (Phi) is 5.35. The molecule has 0 N–H and O–H groups in total. The van der Waals surface area contributed by atoms with Crippen molar-refractivity contribution in [3.05, 3.63) is 76.8 Å². The number of carbonyl (C=O) groups excluding carboxylic acids is 1. The minimum Gasteiger partial charge on any atom is -0.497 e. The first-order valence-corrected chi connectivity index (χ1v) is 6.85. The number of benzene rings is 2. The molecule has 0 aliphatic carbocycles. The highest BCUT2D eigenvalue weighted by Gasteiger charge is 1.94. The SMILES string of the molecule is COc1cccc(/C=C/C(=O)/C=C/c2ccc(Cl)cc2)c1. The normalized spacial score (nSPS) is 11.1. The molecule has 106 valence electrons. The molecular weight excluding hydrogens is 284 g/mol. The summed E-state index contributed by atoms with van der Waals surface area (Å²) in [7, 11) is 1.61. The second kappa shape index (κ2) is 7.46. The third-order valence-electron chi connectivity index (χ3n) is 2.84. The predicted octanol–water partition coefficient (Wildman–Crippen LogP) is 4.64. The number of ketones is 1. The van der Waals surface area contributed by atoms with E-state index in [0.29, 0.717) is 5.02 Å². The standard InChI is InChI=1S/C18H15ClO2/c1-21-18-4-2-3-15(13-18)8-12-17(20)11-7-14-5-9-16(19)10-6-14/h2-13H,1H3/b11-7+,12-8+. The maximum atomic E-state index is 11.8. The summed E-state index contributed by atoms with van der Waals surface area (Å²) in [5, 5.41) is 0.677. The fourth-order valence-electron chi connectivity index (χ4n) is 1.73. The summed E-state index contributed by atoms with van der Waals surface area (Å²) in [6.45, 7) is 0. The van der Waals surface area contributed by atoms with Crippen molar-refractivity contribution in [2.75, 3.05) is 7.11 Å². The molecule has 3 heteroatoms. The maximum Gasteiger partial charge on any atom is 0.178 e. The van der Waals surface area contributed by atoms with Crippen LogP contribution in [0.2, 0.25) is 5.02 Å². The van der Waals surface area contributed by atoms with E-state index < -0.39 is 0 Å². The van der Waals surface area contributed by atoms with E-state index in [4.69, 9.17) is 16.3 Å². The molecule has 0 spiro atoms. The summed E-state index contributed by atoms with van der Waals surface area (Å²) < 4.78 is 5.13. The number of halogens is 1. The molecule has 2 aromatic rings. The van der Waals surface area contributed by atoms with Gasteiger partial charge >= 0.3 is 0 Å². The second-order valence-corrected chi connectivity index (χ2v) is 4.83. The van der Waals surface area contributed by atoms with Crippen molar-refractivity contribution in [2.45, 2.75) is 0 Å². The van der Waals surface area contributed by atoms with Gasteiger partial charge in [0.2, 0.25) is 0 Å². The van der Waals surface area contributed by atoms with Crippen LogP contribution < -0.4 is 4.74 Å². The number of ether oxygens (including phenoxy) is 1. The monoisotopic (exact) mass is 298 g/mol. The largest absolute Gasteiger partial charge is 0.497 e. The van der Waals surface area contributed by atoms with Crippen molar-refractivity contribution >= 4 is 29.5 Å². The summed E-state index contributed by atoms with van der Waals surface area (Å²) in [5.74, 6) is 0.689. The van der Waals surface area contributed by atoms with Gasteiger partial charge in [0.15, 0.2) is 5.78 Å². The van der Waals surface area contributed by atoms with Crippen molar-refractivity contribution in [1.29, 1.82) is 0 Å². The Morgan fingerprint density at radius 3 is 2.33 bits per heavy atom.